The van der Waals surface area contributed by atoms with Crippen molar-refractivity contribution in [1.82, 2.24) is 15.5 Å². The Balaban J connectivity index is 0.00000676. The molecule has 0 saturated heterocycles. The van der Waals surface area contributed by atoms with Crippen molar-refractivity contribution in [3.63, 3.8) is 0 Å². The van der Waals surface area contributed by atoms with E-state index in [1.165, 1.54) is 5.56 Å². The molecule has 1 rings (SSSR count). The van der Waals surface area contributed by atoms with Crippen molar-refractivity contribution in [2.24, 2.45) is 4.99 Å². The van der Waals surface area contributed by atoms with Crippen molar-refractivity contribution in [2.75, 3.05) is 54.1 Å². The summed E-state index contributed by atoms with van der Waals surface area (Å²) in [7, 11) is 5.94. The normalized spacial score (nSPS) is 11.2. The third kappa shape index (κ3) is 13.7. The quantitative estimate of drug-likeness (QED) is 0.192. The Morgan fingerprint density at radius 3 is 2.41 bits per heavy atom. The number of ether oxygens (including phenoxy) is 2. The van der Waals surface area contributed by atoms with Gasteiger partial charge >= 0.3 is 0 Å². The van der Waals surface area contributed by atoms with Crippen LogP contribution in [0.1, 0.15) is 31.7 Å². The maximum absolute atomic E-state index is 5.76. The van der Waals surface area contributed by atoms with E-state index in [2.05, 4.69) is 46.8 Å². The van der Waals surface area contributed by atoms with E-state index < -0.39 is 0 Å². The number of benzene rings is 1. The minimum atomic E-state index is 0. The maximum Gasteiger partial charge on any atom is 0.191 e. The van der Waals surface area contributed by atoms with E-state index in [9.17, 15) is 0 Å². The second-order valence-electron chi connectivity index (χ2n) is 6.41. The highest BCUT2D eigenvalue weighted by Crippen LogP contribution is 2.12. The molecule has 0 saturated carbocycles. The number of hydrogen-bond donors (Lipinski definition) is 2. The molecule has 0 bridgehead atoms. The molecule has 0 radical (unpaired) electrons. The van der Waals surface area contributed by atoms with Gasteiger partial charge in [-0.3, -0.25) is 4.99 Å². The minimum absolute atomic E-state index is 0. The summed E-state index contributed by atoms with van der Waals surface area (Å²) in [6.07, 6.45) is 3.16. The third-order valence-electron chi connectivity index (χ3n) is 3.84. The number of rotatable bonds is 13. The van der Waals surface area contributed by atoms with Gasteiger partial charge in [0.25, 0.3) is 0 Å². The van der Waals surface area contributed by atoms with Crippen LogP contribution in [0.4, 0.5) is 0 Å². The lowest BCUT2D eigenvalue weighted by atomic mass is 10.2. The molecule has 1 aromatic rings. The molecule has 0 heterocycles. The SMILES string of the molecule is CCOCCCCNC(=NC)NCc1ccc(OCCCN(C)C)cc1.I. The topological polar surface area (TPSA) is 58.1 Å². The van der Waals surface area contributed by atoms with Crippen molar-refractivity contribution < 1.29 is 9.47 Å². The van der Waals surface area contributed by atoms with E-state index in [1.807, 2.05) is 19.1 Å². The predicted octanol–water partition coefficient (Wildman–Crippen LogP) is 3.12. The first-order valence-corrected chi connectivity index (χ1v) is 9.54. The summed E-state index contributed by atoms with van der Waals surface area (Å²) in [4.78, 5) is 6.42. The molecule has 6 nitrogen and oxygen atoms in total. The summed E-state index contributed by atoms with van der Waals surface area (Å²) in [5.74, 6) is 1.75. The molecule has 0 unspecified atom stereocenters. The van der Waals surface area contributed by atoms with Crippen LogP contribution in [0.5, 0.6) is 5.75 Å². The molecule has 0 aliphatic rings. The summed E-state index contributed by atoms with van der Waals surface area (Å²) in [5, 5.41) is 6.66. The molecule has 2 N–H and O–H groups in total. The average molecular weight is 492 g/mol. The van der Waals surface area contributed by atoms with Crippen LogP contribution in [-0.2, 0) is 11.3 Å². The summed E-state index contributed by atoms with van der Waals surface area (Å²) in [6, 6.07) is 8.22. The largest absolute Gasteiger partial charge is 0.494 e. The lowest BCUT2D eigenvalue weighted by molar-refractivity contribution is 0.143. The van der Waals surface area contributed by atoms with Gasteiger partial charge in [0.2, 0.25) is 0 Å². The van der Waals surface area contributed by atoms with Crippen molar-refractivity contribution in [1.29, 1.82) is 0 Å². The van der Waals surface area contributed by atoms with Crippen LogP contribution in [0.3, 0.4) is 0 Å². The molecule has 0 aromatic heterocycles. The van der Waals surface area contributed by atoms with Crippen LogP contribution in [0.2, 0.25) is 0 Å². The molecule has 7 heteroatoms. The highest BCUT2D eigenvalue weighted by molar-refractivity contribution is 14.0. The lowest BCUT2D eigenvalue weighted by Gasteiger charge is -2.13. The van der Waals surface area contributed by atoms with Crippen LogP contribution in [0.15, 0.2) is 29.3 Å². The van der Waals surface area contributed by atoms with Gasteiger partial charge in [0.05, 0.1) is 6.61 Å². The lowest BCUT2D eigenvalue weighted by Crippen LogP contribution is -2.37. The van der Waals surface area contributed by atoms with Gasteiger partial charge in [0.1, 0.15) is 5.75 Å². The first-order chi connectivity index (χ1) is 12.7. The van der Waals surface area contributed by atoms with Gasteiger partial charge in [-0.15, -0.1) is 24.0 Å². The van der Waals surface area contributed by atoms with E-state index >= 15 is 0 Å². The molecule has 0 spiro atoms. The monoisotopic (exact) mass is 492 g/mol. The third-order valence-corrected chi connectivity index (χ3v) is 3.84. The molecule has 0 atom stereocenters. The molecule has 0 aliphatic heterocycles. The zero-order chi connectivity index (χ0) is 19.0. The van der Waals surface area contributed by atoms with Crippen LogP contribution >= 0.6 is 24.0 Å². The van der Waals surface area contributed by atoms with Crippen LogP contribution in [0, 0.1) is 0 Å². The number of hydrogen-bond acceptors (Lipinski definition) is 4. The molecule has 27 heavy (non-hydrogen) atoms. The number of unbranched alkanes of at least 4 members (excludes halogenated alkanes) is 1. The van der Waals surface area contributed by atoms with E-state index in [4.69, 9.17) is 9.47 Å². The second kappa shape index (κ2) is 17.1. The molecule has 0 amide bonds. The van der Waals surface area contributed by atoms with Gasteiger partial charge in [-0.2, -0.15) is 0 Å². The number of aliphatic imine (C=N–C) groups is 1. The highest BCUT2D eigenvalue weighted by Gasteiger charge is 2.00. The van der Waals surface area contributed by atoms with Crippen LogP contribution in [0.25, 0.3) is 0 Å². The van der Waals surface area contributed by atoms with E-state index in [0.29, 0.717) is 0 Å². The van der Waals surface area contributed by atoms with Crippen LogP contribution in [-0.4, -0.2) is 64.9 Å². The number of halogens is 1. The first kappa shape index (κ1) is 25.9. The van der Waals surface area contributed by atoms with Gasteiger partial charge in [-0.1, -0.05) is 12.1 Å². The molecule has 0 fully saturated rings. The molecule has 0 aliphatic carbocycles. The molecule has 1 aromatic carbocycles. The minimum Gasteiger partial charge on any atom is -0.494 e. The molecular formula is C20H37IN4O2. The Kier molecular flexibility index (Phi) is 16.4. The van der Waals surface area contributed by atoms with Gasteiger partial charge in [0, 0.05) is 39.9 Å². The summed E-state index contributed by atoms with van der Waals surface area (Å²) in [5.41, 5.74) is 1.20. The Morgan fingerprint density at radius 2 is 1.78 bits per heavy atom. The van der Waals surface area contributed by atoms with Gasteiger partial charge in [-0.05, 0) is 58.0 Å². The number of nitrogens with zero attached hydrogens (tertiary/aromatic N) is 2. The predicted molar refractivity (Wildman–Crippen MR) is 124 cm³/mol. The fourth-order valence-electron chi connectivity index (χ4n) is 2.36. The van der Waals surface area contributed by atoms with Crippen molar-refractivity contribution in [2.45, 2.75) is 32.7 Å². The molecule has 156 valence electrons. The number of nitrogens with one attached hydrogen (secondary N) is 2. The van der Waals surface area contributed by atoms with E-state index in [1.54, 1.807) is 7.05 Å². The van der Waals surface area contributed by atoms with Crippen LogP contribution < -0.4 is 15.4 Å². The fraction of sp³-hybridized carbons (Fsp3) is 0.650. The van der Waals surface area contributed by atoms with Gasteiger partial charge < -0.3 is 25.0 Å². The van der Waals surface area contributed by atoms with Crippen molar-refractivity contribution >= 4 is 29.9 Å². The zero-order valence-corrected chi connectivity index (χ0v) is 19.6. The molecular weight excluding hydrogens is 455 g/mol. The van der Waals surface area contributed by atoms with Gasteiger partial charge in [0.15, 0.2) is 5.96 Å². The standard InChI is InChI=1S/C20H36N4O2.HI/c1-5-25-15-7-6-13-22-20(21-2)23-17-18-9-11-19(12-10-18)26-16-8-14-24(3)4;/h9-12H,5-8,13-17H2,1-4H3,(H2,21,22,23);1H. The number of guanidine groups is 1. The Morgan fingerprint density at radius 1 is 1.04 bits per heavy atom. The second-order valence-corrected chi connectivity index (χ2v) is 6.41. The smallest absolute Gasteiger partial charge is 0.191 e. The summed E-state index contributed by atoms with van der Waals surface area (Å²) in [6.45, 7) is 7.06. The highest BCUT2D eigenvalue weighted by atomic mass is 127. The van der Waals surface area contributed by atoms with E-state index in [0.717, 1.165) is 70.4 Å². The maximum atomic E-state index is 5.76. The average Bonchev–Trinajstić information content (AvgIpc) is 2.65. The fourth-order valence-corrected chi connectivity index (χ4v) is 2.36. The Bertz CT molecular complexity index is 495. The Hall–Kier alpha value is -1.06. The first-order valence-electron chi connectivity index (χ1n) is 9.54. The summed E-state index contributed by atoms with van der Waals surface area (Å²) >= 11 is 0. The summed E-state index contributed by atoms with van der Waals surface area (Å²) < 4.78 is 11.1. The zero-order valence-electron chi connectivity index (χ0n) is 17.3. The Labute approximate surface area is 182 Å². The van der Waals surface area contributed by atoms with E-state index in [-0.39, 0.29) is 24.0 Å². The van der Waals surface area contributed by atoms with Crippen molar-refractivity contribution in [3.8, 4) is 5.75 Å². The van der Waals surface area contributed by atoms with Gasteiger partial charge in [-0.25, -0.2) is 0 Å². The van der Waals surface area contributed by atoms with Crippen molar-refractivity contribution in [3.05, 3.63) is 29.8 Å².